The number of fused-ring (bicyclic) bond motifs is 1. The number of aryl methyl sites for hydroxylation is 1. The lowest BCUT2D eigenvalue weighted by Gasteiger charge is -2.17. The van der Waals surface area contributed by atoms with Gasteiger partial charge in [0.15, 0.2) is 5.65 Å². The fourth-order valence-corrected chi connectivity index (χ4v) is 5.09. The van der Waals surface area contributed by atoms with Crippen LogP contribution in [0.3, 0.4) is 0 Å². The summed E-state index contributed by atoms with van der Waals surface area (Å²) in [6.07, 6.45) is -2.40. The molecule has 0 aliphatic carbocycles. The lowest BCUT2D eigenvalue weighted by molar-refractivity contribution is -0.137. The van der Waals surface area contributed by atoms with E-state index in [1.165, 1.54) is 10.4 Å². The molecule has 1 aromatic carbocycles. The van der Waals surface area contributed by atoms with Crippen LogP contribution in [0.1, 0.15) is 23.7 Å². The molecule has 4 rings (SSSR count). The molecule has 148 valence electrons. The molecule has 1 atom stereocenters. The summed E-state index contributed by atoms with van der Waals surface area (Å²) in [5, 5.41) is 0. The van der Waals surface area contributed by atoms with E-state index in [-0.39, 0.29) is 23.9 Å². The van der Waals surface area contributed by atoms with Gasteiger partial charge in [-0.3, -0.25) is 0 Å². The summed E-state index contributed by atoms with van der Waals surface area (Å²) in [6, 6.07) is 7.45. The number of halogens is 3. The Morgan fingerprint density at radius 2 is 1.96 bits per heavy atom. The van der Waals surface area contributed by atoms with Crippen molar-refractivity contribution in [2.75, 3.05) is 13.1 Å². The molecule has 1 unspecified atom stereocenters. The first-order valence-corrected chi connectivity index (χ1v) is 10.1. The Labute approximate surface area is 159 Å². The van der Waals surface area contributed by atoms with E-state index in [2.05, 4.69) is 9.97 Å². The summed E-state index contributed by atoms with van der Waals surface area (Å²) in [6.45, 7) is 0.385. The van der Waals surface area contributed by atoms with Crippen molar-refractivity contribution in [2.45, 2.75) is 23.4 Å². The fraction of sp³-hybridized carbons (Fsp3) is 0.333. The van der Waals surface area contributed by atoms with E-state index < -0.39 is 21.8 Å². The summed E-state index contributed by atoms with van der Waals surface area (Å²) in [5.74, 6) is 0.565. The quantitative estimate of drug-likeness (QED) is 0.665. The van der Waals surface area contributed by atoms with Crippen LogP contribution in [0.5, 0.6) is 0 Å². The van der Waals surface area contributed by atoms with Gasteiger partial charge in [0.05, 0.1) is 10.5 Å². The van der Waals surface area contributed by atoms with E-state index in [1.807, 2.05) is 17.7 Å². The van der Waals surface area contributed by atoms with Crippen molar-refractivity contribution in [1.82, 2.24) is 18.8 Å². The molecular weight excluding hydrogens is 393 g/mol. The number of rotatable bonds is 3. The maximum atomic E-state index is 12.9. The fourth-order valence-electron chi connectivity index (χ4n) is 3.55. The maximum Gasteiger partial charge on any atom is 0.416 e. The van der Waals surface area contributed by atoms with E-state index in [4.69, 9.17) is 0 Å². The highest BCUT2D eigenvalue weighted by molar-refractivity contribution is 7.89. The SMILES string of the molecule is Cn1c(C2CCN(S(=O)(=O)c3cccc(C(F)(F)F)c3)C2)nc2cccnc21. The summed E-state index contributed by atoms with van der Waals surface area (Å²) in [4.78, 5) is 8.49. The molecule has 3 aromatic rings. The van der Waals surface area contributed by atoms with Crippen LogP contribution in [-0.4, -0.2) is 40.3 Å². The van der Waals surface area contributed by atoms with E-state index in [0.29, 0.717) is 18.1 Å². The molecule has 0 saturated carbocycles. The summed E-state index contributed by atoms with van der Waals surface area (Å²) in [5.41, 5.74) is 0.446. The second-order valence-electron chi connectivity index (χ2n) is 6.75. The highest BCUT2D eigenvalue weighted by Crippen LogP contribution is 2.34. The summed E-state index contributed by atoms with van der Waals surface area (Å²) >= 11 is 0. The molecule has 2 aromatic heterocycles. The second kappa shape index (κ2) is 6.56. The van der Waals surface area contributed by atoms with Gasteiger partial charge in [-0.05, 0) is 36.8 Å². The van der Waals surface area contributed by atoms with Crippen LogP contribution in [0.2, 0.25) is 0 Å². The Morgan fingerprint density at radius 1 is 1.18 bits per heavy atom. The Hall–Kier alpha value is -2.46. The largest absolute Gasteiger partial charge is 0.416 e. The number of hydrogen-bond donors (Lipinski definition) is 0. The lowest BCUT2D eigenvalue weighted by atomic mass is 10.1. The molecule has 10 heteroatoms. The first-order valence-electron chi connectivity index (χ1n) is 8.62. The molecule has 0 bridgehead atoms. The molecule has 0 amide bonds. The van der Waals surface area contributed by atoms with Crippen LogP contribution >= 0.6 is 0 Å². The molecule has 0 radical (unpaired) electrons. The molecule has 1 aliphatic heterocycles. The number of alkyl halides is 3. The van der Waals surface area contributed by atoms with Gasteiger partial charge in [-0.1, -0.05) is 6.07 Å². The highest BCUT2D eigenvalue weighted by Gasteiger charge is 2.37. The minimum Gasteiger partial charge on any atom is -0.316 e. The zero-order valence-electron chi connectivity index (χ0n) is 14.9. The van der Waals surface area contributed by atoms with E-state index in [9.17, 15) is 21.6 Å². The van der Waals surface area contributed by atoms with Crippen LogP contribution in [0.25, 0.3) is 11.2 Å². The smallest absolute Gasteiger partial charge is 0.316 e. The van der Waals surface area contributed by atoms with E-state index in [1.54, 1.807) is 12.3 Å². The van der Waals surface area contributed by atoms with Crippen molar-refractivity contribution in [3.63, 3.8) is 0 Å². The van der Waals surface area contributed by atoms with Crippen LogP contribution < -0.4 is 0 Å². The van der Waals surface area contributed by atoms with Crippen molar-refractivity contribution >= 4 is 21.2 Å². The maximum absolute atomic E-state index is 12.9. The first-order chi connectivity index (χ1) is 13.2. The number of sulfonamides is 1. The molecule has 0 N–H and O–H groups in total. The Bertz CT molecular complexity index is 1140. The molecular formula is C18H17F3N4O2S. The third-order valence-corrected chi connectivity index (χ3v) is 6.84. The predicted octanol–water partition coefficient (Wildman–Crippen LogP) is 3.17. The van der Waals surface area contributed by atoms with Gasteiger partial charge in [0.25, 0.3) is 0 Å². The first kappa shape index (κ1) is 18.9. The molecule has 6 nitrogen and oxygen atoms in total. The Kier molecular flexibility index (Phi) is 4.42. The standard InChI is InChI=1S/C18H17F3N4O2S/c1-24-16(23-15-6-3-8-22-17(15)24)12-7-9-25(11-12)28(26,27)14-5-2-4-13(10-14)18(19,20)21/h2-6,8,10,12H,7,9,11H2,1H3. The van der Waals surface area contributed by atoms with E-state index >= 15 is 0 Å². The van der Waals surface area contributed by atoms with Gasteiger partial charge in [0.2, 0.25) is 10.0 Å². The summed E-state index contributed by atoms with van der Waals surface area (Å²) < 4.78 is 67.6. The molecule has 3 heterocycles. The Balaban J connectivity index is 1.62. The van der Waals surface area contributed by atoms with Gasteiger partial charge >= 0.3 is 6.18 Å². The van der Waals surface area contributed by atoms with Crippen LogP contribution in [-0.2, 0) is 23.2 Å². The van der Waals surface area contributed by atoms with Crippen LogP contribution in [0, 0.1) is 0 Å². The van der Waals surface area contributed by atoms with Crippen molar-refractivity contribution < 1.29 is 21.6 Å². The molecule has 1 saturated heterocycles. The molecule has 28 heavy (non-hydrogen) atoms. The van der Waals surface area contributed by atoms with Gasteiger partial charge in [-0.25, -0.2) is 18.4 Å². The lowest BCUT2D eigenvalue weighted by Crippen LogP contribution is -2.29. The third kappa shape index (κ3) is 3.16. The topological polar surface area (TPSA) is 68.1 Å². The number of imidazole rings is 1. The van der Waals surface area contributed by atoms with Crippen LogP contribution in [0.15, 0.2) is 47.5 Å². The van der Waals surface area contributed by atoms with Crippen molar-refractivity contribution in [1.29, 1.82) is 0 Å². The van der Waals surface area contributed by atoms with Crippen molar-refractivity contribution in [3.05, 3.63) is 54.0 Å². The number of aromatic nitrogens is 3. The predicted molar refractivity (Wildman–Crippen MR) is 96.1 cm³/mol. The molecule has 1 aliphatic rings. The number of nitrogens with zero attached hydrogens (tertiary/aromatic N) is 4. The number of benzene rings is 1. The second-order valence-corrected chi connectivity index (χ2v) is 8.69. The normalized spacial score (nSPS) is 18.8. The van der Waals surface area contributed by atoms with Gasteiger partial charge in [0, 0.05) is 32.3 Å². The Morgan fingerprint density at radius 3 is 2.68 bits per heavy atom. The highest BCUT2D eigenvalue weighted by atomic mass is 32.2. The molecule has 1 fully saturated rings. The monoisotopic (exact) mass is 410 g/mol. The van der Waals surface area contributed by atoms with Gasteiger partial charge in [0.1, 0.15) is 11.3 Å². The average Bonchev–Trinajstić information content (AvgIpc) is 3.27. The number of hydrogen-bond acceptors (Lipinski definition) is 4. The van der Waals surface area contributed by atoms with Crippen LogP contribution in [0.4, 0.5) is 13.2 Å². The van der Waals surface area contributed by atoms with Crippen molar-refractivity contribution in [2.24, 2.45) is 7.05 Å². The van der Waals surface area contributed by atoms with E-state index in [0.717, 1.165) is 23.5 Å². The minimum absolute atomic E-state index is 0.153. The third-order valence-electron chi connectivity index (χ3n) is 4.98. The zero-order chi connectivity index (χ0) is 20.1. The average molecular weight is 410 g/mol. The minimum atomic E-state index is -4.60. The number of pyridine rings is 1. The van der Waals surface area contributed by atoms with Crippen molar-refractivity contribution in [3.8, 4) is 0 Å². The van der Waals surface area contributed by atoms with Gasteiger partial charge in [-0.15, -0.1) is 0 Å². The zero-order valence-corrected chi connectivity index (χ0v) is 15.7. The van der Waals surface area contributed by atoms with Gasteiger partial charge in [-0.2, -0.15) is 17.5 Å². The summed E-state index contributed by atoms with van der Waals surface area (Å²) in [7, 11) is -2.20. The van der Waals surface area contributed by atoms with Gasteiger partial charge < -0.3 is 4.57 Å². The molecule has 0 spiro atoms.